The normalized spacial score (nSPS) is 10.8. The number of nitrogens with one attached hydrogen (secondary N) is 1. The monoisotopic (exact) mass is 353 g/mol. The van der Waals surface area contributed by atoms with Gasteiger partial charge in [-0.25, -0.2) is 4.98 Å². The summed E-state index contributed by atoms with van der Waals surface area (Å²) in [6.07, 6.45) is 2.18. The Kier molecular flexibility index (Phi) is 5.46. The number of hydrogen-bond donors (Lipinski definition) is 2. The number of nitrogens with zero attached hydrogens (tertiary/aromatic N) is 2. The molecule has 2 N–H and O–H groups in total. The molecule has 0 aliphatic carbocycles. The van der Waals surface area contributed by atoms with E-state index in [1.165, 1.54) is 10.9 Å². The van der Waals surface area contributed by atoms with Gasteiger partial charge in [0.15, 0.2) is 0 Å². The van der Waals surface area contributed by atoms with Crippen molar-refractivity contribution < 1.29 is 9.90 Å². The van der Waals surface area contributed by atoms with E-state index < -0.39 is 0 Å². The first-order valence-corrected chi connectivity index (χ1v) is 7.43. The van der Waals surface area contributed by atoms with Gasteiger partial charge in [0.25, 0.3) is 5.56 Å². The van der Waals surface area contributed by atoms with E-state index in [1.807, 2.05) is 6.07 Å². The maximum absolute atomic E-state index is 12.3. The van der Waals surface area contributed by atoms with Crippen molar-refractivity contribution in [3.8, 4) is 0 Å². The lowest BCUT2D eigenvalue weighted by Crippen LogP contribution is -2.28. The molecular formula is C14H16BrN3O3. The summed E-state index contributed by atoms with van der Waals surface area (Å²) < 4.78 is 2.24. The minimum atomic E-state index is -0.163. The molecule has 0 bridgehead atoms. The van der Waals surface area contributed by atoms with Crippen LogP contribution in [0.1, 0.15) is 12.8 Å². The van der Waals surface area contributed by atoms with Crippen molar-refractivity contribution >= 4 is 32.7 Å². The van der Waals surface area contributed by atoms with E-state index in [-0.39, 0.29) is 31.0 Å². The van der Waals surface area contributed by atoms with Crippen molar-refractivity contribution in [2.75, 3.05) is 13.2 Å². The molecule has 0 atom stereocenters. The van der Waals surface area contributed by atoms with E-state index >= 15 is 0 Å². The molecule has 0 spiro atoms. The van der Waals surface area contributed by atoms with Gasteiger partial charge in [-0.3, -0.25) is 14.2 Å². The van der Waals surface area contributed by atoms with Gasteiger partial charge >= 0.3 is 0 Å². The van der Waals surface area contributed by atoms with E-state index in [1.54, 1.807) is 12.1 Å². The van der Waals surface area contributed by atoms with Crippen LogP contribution in [0.25, 0.3) is 10.9 Å². The molecule has 0 saturated heterocycles. The van der Waals surface area contributed by atoms with Crippen LogP contribution in [0.5, 0.6) is 0 Å². The summed E-state index contributed by atoms with van der Waals surface area (Å²) in [5.41, 5.74) is 0.469. The first kappa shape index (κ1) is 15.7. The zero-order chi connectivity index (χ0) is 15.2. The SMILES string of the molecule is O=C(CCn1cnc2ccc(Br)cc2c1=O)NCCCO. The Balaban J connectivity index is 2.07. The number of aryl methyl sites for hydroxylation is 1. The molecular weight excluding hydrogens is 338 g/mol. The predicted octanol–water partition coefficient (Wildman–Crippen LogP) is 1.05. The van der Waals surface area contributed by atoms with Gasteiger partial charge in [-0.15, -0.1) is 0 Å². The van der Waals surface area contributed by atoms with E-state index in [9.17, 15) is 9.59 Å². The molecule has 0 aliphatic heterocycles. The lowest BCUT2D eigenvalue weighted by Gasteiger charge is -2.07. The van der Waals surface area contributed by atoms with Crippen LogP contribution in [0, 0.1) is 0 Å². The van der Waals surface area contributed by atoms with Crippen molar-refractivity contribution in [2.45, 2.75) is 19.4 Å². The quantitative estimate of drug-likeness (QED) is 0.760. The maximum Gasteiger partial charge on any atom is 0.261 e. The number of benzene rings is 1. The fourth-order valence-electron chi connectivity index (χ4n) is 1.91. The summed E-state index contributed by atoms with van der Waals surface area (Å²) >= 11 is 3.33. The van der Waals surface area contributed by atoms with Crippen LogP contribution in [0.15, 0.2) is 33.8 Å². The summed E-state index contributed by atoms with van der Waals surface area (Å²) in [6.45, 7) is 0.760. The Bertz CT molecular complexity index is 699. The third-order valence-corrected chi connectivity index (χ3v) is 3.52. The molecule has 0 saturated carbocycles. The van der Waals surface area contributed by atoms with E-state index in [2.05, 4.69) is 26.2 Å². The fourth-order valence-corrected chi connectivity index (χ4v) is 2.27. The largest absolute Gasteiger partial charge is 0.396 e. The van der Waals surface area contributed by atoms with Crippen LogP contribution >= 0.6 is 15.9 Å². The summed E-state index contributed by atoms with van der Waals surface area (Å²) in [4.78, 5) is 28.1. The number of carbonyl (C=O) groups is 1. The Hall–Kier alpha value is -1.73. The maximum atomic E-state index is 12.3. The summed E-state index contributed by atoms with van der Waals surface area (Å²) in [5.74, 6) is -0.148. The third kappa shape index (κ3) is 4.12. The number of amides is 1. The van der Waals surface area contributed by atoms with Gasteiger partial charge in [0, 0.05) is 30.6 Å². The van der Waals surface area contributed by atoms with Crippen LogP contribution in [0.4, 0.5) is 0 Å². The number of fused-ring (bicyclic) bond motifs is 1. The minimum Gasteiger partial charge on any atom is -0.396 e. The summed E-state index contributed by atoms with van der Waals surface area (Å²) in [7, 11) is 0. The molecule has 7 heteroatoms. The summed E-state index contributed by atoms with van der Waals surface area (Å²) in [6, 6.07) is 5.32. The van der Waals surface area contributed by atoms with Crippen LogP contribution < -0.4 is 10.9 Å². The molecule has 1 aromatic heterocycles. The average molecular weight is 354 g/mol. The second-order valence-corrected chi connectivity index (χ2v) is 5.50. The van der Waals surface area contributed by atoms with Gasteiger partial charge in [-0.1, -0.05) is 15.9 Å². The first-order valence-electron chi connectivity index (χ1n) is 6.64. The second kappa shape index (κ2) is 7.33. The molecule has 0 fully saturated rings. The average Bonchev–Trinajstić information content (AvgIpc) is 2.47. The molecule has 1 heterocycles. The van der Waals surface area contributed by atoms with Crippen LogP contribution in [-0.4, -0.2) is 33.7 Å². The highest BCUT2D eigenvalue weighted by Gasteiger charge is 2.07. The van der Waals surface area contributed by atoms with Gasteiger partial charge in [-0.05, 0) is 24.6 Å². The van der Waals surface area contributed by atoms with Crippen molar-refractivity contribution in [1.82, 2.24) is 14.9 Å². The van der Waals surface area contributed by atoms with Crippen molar-refractivity contribution in [2.24, 2.45) is 0 Å². The Morgan fingerprint density at radius 2 is 2.24 bits per heavy atom. The lowest BCUT2D eigenvalue weighted by atomic mass is 10.2. The molecule has 1 aromatic carbocycles. The Morgan fingerprint density at radius 1 is 1.43 bits per heavy atom. The molecule has 112 valence electrons. The Labute approximate surface area is 129 Å². The van der Waals surface area contributed by atoms with Crippen molar-refractivity contribution in [1.29, 1.82) is 0 Å². The number of aromatic nitrogens is 2. The van der Waals surface area contributed by atoms with Gasteiger partial charge in [-0.2, -0.15) is 0 Å². The number of halogens is 1. The first-order chi connectivity index (χ1) is 10.1. The standard InChI is InChI=1S/C14H16BrN3O3/c15-10-2-3-12-11(8-10)14(21)18(9-17-12)6-4-13(20)16-5-1-7-19/h2-3,8-9,19H,1,4-7H2,(H,16,20). The molecule has 6 nitrogen and oxygen atoms in total. The molecule has 0 radical (unpaired) electrons. The van der Waals surface area contributed by atoms with Gasteiger partial charge in [0.2, 0.25) is 5.91 Å². The molecule has 0 unspecified atom stereocenters. The van der Waals surface area contributed by atoms with Crippen LogP contribution in [0.2, 0.25) is 0 Å². The topological polar surface area (TPSA) is 84.2 Å². The molecule has 2 aromatic rings. The highest BCUT2D eigenvalue weighted by molar-refractivity contribution is 9.10. The van der Waals surface area contributed by atoms with Gasteiger partial charge < -0.3 is 10.4 Å². The minimum absolute atomic E-state index is 0.0449. The lowest BCUT2D eigenvalue weighted by molar-refractivity contribution is -0.121. The zero-order valence-electron chi connectivity index (χ0n) is 11.4. The van der Waals surface area contributed by atoms with E-state index in [4.69, 9.17) is 5.11 Å². The number of hydrogen-bond acceptors (Lipinski definition) is 4. The Morgan fingerprint density at radius 3 is 3.00 bits per heavy atom. The fraction of sp³-hybridized carbons (Fsp3) is 0.357. The highest BCUT2D eigenvalue weighted by atomic mass is 79.9. The smallest absolute Gasteiger partial charge is 0.261 e. The molecule has 1 amide bonds. The predicted molar refractivity (Wildman–Crippen MR) is 83.0 cm³/mol. The molecule has 2 rings (SSSR count). The third-order valence-electron chi connectivity index (χ3n) is 3.02. The summed E-state index contributed by atoms with van der Waals surface area (Å²) in [5, 5.41) is 11.8. The number of carbonyl (C=O) groups excluding carboxylic acids is 1. The van der Waals surface area contributed by atoms with Crippen LogP contribution in [-0.2, 0) is 11.3 Å². The molecule has 21 heavy (non-hydrogen) atoms. The van der Waals surface area contributed by atoms with Crippen molar-refractivity contribution in [3.63, 3.8) is 0 Å². The van der Waals surface area contributed by atoms with Gasteiger partial charge in [0.1, 0.15) is 0 Å². The van der Waals surface area contributed by atoms with Crippen LogP contribution in [0.3, 0.4) is 0 Å². The van der Waals surface area contributed by atoms with E-state index in [0.717, 1.165) is 4.47 Å². The second-order valence-electron chi connectivity index (χ2n) is 4.58. The van der Waals surface area contributed by atoms with E-state index in [0.29, 0.717) is 23.9 Å². The van der Waals surface area contributed by atoms with Crippen molar-refractivity contribution in [3.05, 3.63) is 39.4 Å². The highest BCUT2D eigenvalue weighted by Crippen LogP contribution is 2.14. The number of aliphatic hydroxyl groups excluding tert-OH is 1. The molecule has 0 aliphatic rings. The number of aliphatic hydroxyl groups is 1. The zero-order valence-corrected chi connectivity index (χ0v) is 13.0. The number of rotatable bonds is 6. The van der Waals surface area contributed by atoms with Gasteiger partial charge in [0.05, 0.1) is 17.2 Å².